The Balaban J connectivity index is 1.52. The van der Waals surface area contributed by atoms with Gasteiger partial charge in [-0.3, -0.25) is 0 Å². The fourth-order valence-corrected chi connectivity index (χ4v) is 4.22. The van der Waals surface area contributed by atoms with Gasteiger partial charge >= 0.3 is 5.51 Å². The highest BCUT2D eigenvalue weighted by molar-refractivity contribution is 8.00. The van der Waals surface area contributed by atoms with Gasteiger partial charge in [0.2, 0.25) is 0 Å². The zero-order valence-corrected chi connectivity index (χ0v) is 18.7. The number of hydrogen-bond acceptors (Lipinski definition) is 5. The second-order valence-corrected chi connectivity index (χ2v) is 9.46. The van der Waals surface area contributed by atoms with Gasteiger partial charge in [-0.15, -0.1) is 11.3 Å². The van der Waals surface area contributed by atoms with Gasteiger partial charge in [-0.05, 0) is 61.0 Å². The van der Waals surface area contributed by atoms with Crippen LogP contribution in [0.2, 0.25) is 5.02 Å². The van der Waals surface area contributed by atoms with E-state index in [1.807, 2.05) is 25.3 Å². The monoisotopic (exact) mass is 472 g/mol. The van der Waals surface area contributed by atoms with E-state index >= 15 is 0 Å². The number of nitrogens with one attached hydrogen (secondary N) is 1. The van der Waals surface area contributed by atoms with Gasteiger partial charge in [0.25, 0.3) is 0 Å². The third kappa shape index (κ3) is 6.91. The predicted molar refractivity (Wildman–Crippen MR) is 116 cm³/mol. The first-order valence-electron chi connectivity index (χ1n) is 9.11. The molecule has 0 aliphatic heterocycles. The van der Waals surface area contributed by atoms with Crippen molar-refractivity contribution < 1.29 is 17.9 Å². The van der Waals surface area contributed by atoms with Gasteiger partial charge in [0.05, 0.1) is 6.04 Å². The number of ether oxygens (including phenoxy) is 1. The quantitative estimate of drug-likeness (QED) is 0.353. The number of benzene rings is 2. The number of halogens is 4. The topological polar surface area (TPSA) is 34.2 Å². The summed E-state index contributed by atoms with van der Waals surface area (Å²) < 4.78 is 42.9. The van der Waals surface area contributed by atoms with Crippen LogP contribution in [0.1, 0.15) is 34.0 Å². The van der Waals surface area contributed by atoms with Crippen LogP contribution in [0.15, 0.2) is 53.6 Å². The minimum absolute atomic E-state index is 0.120. The van der Waals surface area contributed by atoms with Crippen molar-refractivity contribution in [2.45, 2.75) is 43.4 Å². The highest BCUT2D eigenvalue weighted by atomic mass is 35.5. The summed E-state index contributed by atoms with van der Waals surface area (Å²) in [6.07, 6.45) is 1.86. The third-order valence-electron chi connectivity index (χ3n) is 4.20. The molecule has 1 N–H and O–H groups in total. The molecule has 0 amide bonds. The van der Waals surface area contributed by atoms with Gasteiger partial charge in [-0.1, -0.05) is 29.8 Å². The minimum Gasteiger partial charge on any atom is -0.489 e. The molecule has 0 bridgehead atoms. The van der Waals surface area contributed by atoms with Crippen LogP contribution in [0.3, 0.4) is 0 Å². The largest absolute Gasteiger partial charge is 0.489 e. The molecular weight excluding hydrogens is 453 g/mol. The molecule has 0 radical (unpaired) electrons. The minimum atomic E-state index is -4.29. The lowest BCUT2D eigenvalue weighted by Gasteiger charge is -2.13. The molecule has 3 nitrogen and oxygen atoms in total. The Bertz CT molecular complexity index is 977. The van der Waals surface area contributed by atoms with Crippen molar-refractivity contribution in [1.29, 1.82) is 0 Å². The molecule has 0 unspecified atom stereocenters. The Morgan fingerprint density at radius 3 is 2.53 bits per heavy atom. The Morgan fingerprint density at radius 2 is 1.93 bits per heavy atom. The summed E-state index contributed by atoms with van der Waals surface area (Å²) in [7, 11) is 0. The first-order valence-corrected chi connectivity index (χ1v) is 11.1. The van der Waals surface area contributed by atoms with Gasteiger partial charge < -0.3 is 10.1 Å². The molecule has 0 aliphatic carbocycles. The molecular formula is C21H20ClF3N2OS2. The molecule has 0 saturated heterocycles. The molecule has 30 heavy (non-hydrogen) atoms. The Hall–Kier alpha value is -1.74. The molecule has 1 atom stereocenters. The number of aryl methyl sites for hydroxylation is 1. The van der Waals surface area contributed by atoms with E-state index in [1.54, 1.807) is 29.5 Å². The number of thiazole rings is 1. The normalized spacial score (nSPS) is 12.7. The van der Waals surface area contributed by atoms with Crippen molar-refractivity contribution in [3.05, 3.63) is 74.7 Å². The summed E-state index contributed by atoms with van der Waals surface area (Å²) in [4.78, 5) is 5.71. The highest BCUT2D eigenvalue weighted by Gasteiger charge is 2.29. The number of thioether (sulfide) groups is 1. The fourth-order valence-electron chi connectivity index (χ4n) is 2.64. The number of aromatic nitrogens is 1. The Kier molecular flexibility index (Phi) is 7.68. The predicted octanol–water partition coefficient (Wildman–Crippen LogP) is 7.15. The molecule has 1 aromatic heterocycles. The van der Waals surface area contributed by atoms with Gasteiger partial charge in [0, 0.05) is 27.5 Å². The molecule has 0 saturated carbocycles. The van der Waals surface area contributed by atoms with Crippen LogP contribution < -0.4 is 10.1 Å². The lowest BCUT2D eigenvalue weighted by molar-refractivity contribution is -0.0328. The average molecular weight is 473 g/mol. The average Bonchev–Trinajstić information content (AvgIpc) is 3.12. The van der Waals surface area contributed by atoms with Crippen LogP contribution >= 0.6 is 34.7 Å². The van der Waals surface area contributed by atoms with Crippen molar-refractivity contribution in [2.75, 3.05) is 0 Å². The van der Waals surface area contributed by atoms with E-state index in [9.17, 15) is 13.2 Å². The molecule has 160 valence electrons. The van der Waals surface area contributed by atoms with E-state index in [2.05, 4.69) is 17.2 Å². The zero-order chi connectivity index (χ0) is 21.7. The summed E-state index contributed by atoms with van der Waals surface area (Å²) in [5, 5.41) is 5.02. The van der Waals surface area contributed by atoms with Crippen molar-refractivity contribution in [1.82, 2.24) is 10.3 Å². The van der Waals surface area contributed by atoms with Gasteiger partial charge in [-0.25, -0.2) is 4.98 Å². The van der Waals surface area contributed by atoms with Gasteiger partial charge in [0.1, 0.15) is 17.4 Å². The highest BCUT2D eigenvalue weighted by Crippen LogP contribution is 2.36. The fraction of sp³-hybridized carbons (Fsp3) is 0.286. The molecule has 0 spiro atoms. The zero-order valence-electron chi connectivity index (χ0n) is 16.3. The number of alkyl halides is 3. The lowest BCUT2D eigenvalue weighted by atomic mass is 10.2. The van der Waals surface area contributed by atoms with Crippen LogP contribution in [0, 0.1) is 6.92 Å². The van der Waals surface area contributed by atoms with Crippen molar-refractivity contribution >= 4 is 34.7 Å². The van der Waals surface area contributed by atoms with E-state index in [1.165, 1.54) is 17.0 Å². The van der Waals surface area contributed by atoms with Crippen LogP contribution in [0.5, 0.6) is 5.75 Å². The van der Waals surface area contributed by atoms with Crippen molar-refractivity contribution in [3.63, 3.8) is 0 Å². The maximum Gasteiger partial charge on any atom is 0.446 e. The molecule has 0 fully saturated rings. The van der Waals surface area contributed by atoms with E-state index in [-0.39, 0.29) is 29.3 Å². The summed E-state index contributed by atoms with van der Waals surface area (Å²) in [6.45, 7) is 4.92. The Morgan fingerprint density at radius 1 is 1.20 bits per heavy atom. The van der Waals surface area contributed by atoms with Crippen LogP contribution in [0.25, 0.3) is 0 Å². The molecule has 3 rings (SSSR count). The Labute approximate surface area is 186 Å². The molecule has 1 heterocycles. The van der Waals surface area contributed by atoms with Crippen LogP contribution in [-0.4, -0.2) is 10.5 Å². The summed E-state index contributed by atoms with van der Waals surface area (Å²) in [5.74, 6) is 0.598. The van der Waals surface area contributed by atoms with Gasteiger partial charge in [0.15, 0.2) is 0 Å². The third-order valence-corrected chi connectivity index (χ3v) is 6.38. The lowest BCUT2D eigenvalue weighted by Crippen LogP contribution is -2.18. The summed E-state index contributed by atoms with van der Waals surface area (Å²) in [6, 6.07) is 11.7. The first-order chi connectivity index (χ1) is 14.2. The van der Waals surface area contributed by atoms with Crippen LogP contribution in [-0.2, 0) is 13.2 Å². The molecule has 3 aromatic rings. The second-order valence-electron chi connectivity index (χ2n) is 6.65. The van der Waals surface area contributed by atoms with Crippen molar-refractivity contribution in [2.24, 2.45) is 0 Å². The first kappa shape index (κ1) is 22.9. The summed E-state index contributed by atoms with van der Waals surface area (Å²) in [5.41, 5.74) is -2.57. The maximum atomic E-state index is 12.4. The van der Waals surface area contributed by atoms with Gasteiger partial charge in [-0.2, -0.15) is 13.2 Å². The molecule has 0 aliphatic rings. The summed E-state index contributed by atoms with van der Waals surface area (Å²) >= 11 is 7.91. The second kappa shape index (κ2) is 10.0. The number of hydrogen-bond donors (Lipinski definition) is 1. The number of rotatable bonds is 8. The number of nitrogens with zero attached hydrogens (tertiary/aromatic N) is 1. The van der Waals surface area contributed by atoms with E-state index in [0.717, 1.165) is 16.1 Å². The standard InChI is InChI=1S/C21H20ClF3N2OS2/c1-13-10-27-20(29-13)14(2)26-11-16-5-6-17(9-19(16)22)28-12-15-3-7-18(8-4-15)30-21(23,24)25/h3-10,14,26H,11-12H2,1-2H3/t14-/m0/s1. The van der Waals surface area contributed by atoms with E-state index < -0.39 is 5.51 Å². The maximum absolute atomic E-state index is 12.4. The van der Waals surface area contributed by atoms with E-state index in [4.69, 9.17) is 16.3 Å². The molecule has 2 aromatic carbocycles. The van der Waals surface area contributed by atoms with Crippen LogP contribution in [0.4, 0.5) is 13.2 Å². The smallest absolute Gasteiger partial charge is 0.446 e. The SMILES string of the molecule is Cc1cnc([C@H](C)NCc2ccc(OCc3ccc(SC(F)(F)F)cc3)cc2Cl)s1. The molecule has 9 heteroatoms. The van der Waals surface area contributed by atoms with E-state index in [0.29, 0.717) is 17.3 Å². The van der Waals surface area contributed by atoms with Crippen molar-refractivity contribution in [3.8, 4) is 5.75 Å².